The summed E-state index contributed by atoms with van der Waals surface area (Å²) in [6.45, 7) is 3.82. The number of hydrogen-bond donors (Lipinski definition) is 2. The van der Waals surface area contributed by atoms with Gasteiger partial charge in [-0.2, -0.15) is 0 Å². The van der Waals surface area contributed by atoms with E-state index in [9.17, 15) is 14.9 Å². The number of thiocarbonyl (C=S) groups is 1. The summed E-state index contributed by atoms with van der Waals surface area (Å²) < 4.78 is 17.1. The van der Waals surface area contributed by atoms with E-state index in [-0.39, 0.29) is 16.4 Å². The molecule has 2 N–H and O–H groups in total. The van der Waals surface area contributed by atoms with Gasteiger partial charge < -0.3 is 19.5 Å². The normalized spacial score (nSPS) is 10.5. The van der Waals surface area contributed by atoms with E-state index >= 15 is 0 Å². The number of non-ortho nitro benzene ring substituents is 1. The standard InChI is InChI=1S/C27H24N4O6S/c1-15-16(2)22(37-23-11-12-28-21-14-25(36-4)24(35-3)13-19(21)23)10-9-20(15)29-27(38)30-26(32)17-5-7-18(8-6-17)31(33)34/h5-14H,1-4H3,(H2,29,30,32,38). The van der Waals surface area contributed by atoms with Gasteiger partial charge in [0.05, 0.1) is 24.7 Å². The Morgan fingerprint density at radius 2 is 1.61 bits per heavy atom. The van der Waals surface area contributed by atoms with Crippen molar-refractivity contribution >= 4 is 45.5 Å². The molecular formula is C27H24N4O6S. The van der Waals surface area contributed by atoms with Crippen molar-refractivity contribution in [3.8, 4) is 23.0 Å². The van der Waals surface area contributed by atoms with Crippen LogP contribution in [0.15, 0.2) is 60.8 Å². The molecule has 0 spiro atoms. The Morgan fingerprint density at radius 1 is 0.921 bits per heavy atom. The Hall–Kier alpha value is -4.77. The van der Waals surface area contributed by atoms with E-state index in [2.05, 4.69) is 15.6 Å². The van der Waals surface area contributed by atoms with Crippen LogP contribution in [0, 0.1) is 24.0 Å². The molecule has 0 saturated carbocycles. The summed E-state index contributed by atoms with van der Waals surface area (Å²) in [5.74, 6) is 1.89. The molecule has 4 rings (SSSR count). The lowest BCUT2D eigenvalue weighted by Crippen LogP contribution is -2.34. The Balaban J connectivity index is 1.51. The van der Waals surface area contributed by atoms with Crippen LogP contribution in [0.4, 0.5) is 11.4 Å². The van der Waals surface area contributed by atoms with Crippen LogP contribution < -0.4 is 24.8 Å². The minimum atomic E-state index is -0.530. The highest BCUT2D eigenvalue weighted by Crippen LogP contribution is 2.38. The fourth-order valence-electron chi connectivity index (χ4n) is 3.76. The molecule has 1 aromatic heterocycles. The third-order valence-corrected chi connectivity index (χ3v) is 6.18. The lowest BCUT2D eigenvalue weighted by atomic mass is 10.1. The molecule has 4 aromatic rings. The van der Waals surface area contributed by atoms with E-state index in [1.54, 1.807) is 44.7 Å². The molecule has 194 valence electrons. The number of nitrogens with zero attached hydrogens (tertiary/aromatic N) is 2. The van der Waals surface area contributed by atoms with E-state index in [0.717, 1.165) is 16.5 Å². The highest BCUT2D eigenvalue weighted by Gasteiger charge is 2.15. The number of rotatable bonds is 7. The number of anilines is 1. The van der Waals surface area contributed by atoms with Crippen LogP contribution in [0.25, 0.3) is 10.9 Å². The number of nitro groups is 1. The minimum Gasteiger partial charge on any atom is -0.493 e. The predicted molar refractivity (Wildman–Crippen MR) is 148 cm³/mol. The van der Waals surface area contributed by atoms with Crippen molar-refractivity contribution < 1.29 is 23.9 Å². The molecule has 1 amide bonds. The number of amides is 1. The van der Waals surface area contributed by atoms with Crippen molar-refractivity contribution in [2.24, 2.45) is 0 Å². The number of nitro benzene ring substituents is 1. The minimum absolute atomic E-state index is 0.0886. The summed E-state index contributed by atoms with van der Waals surface area (Å²) >= 11 is 5.31. The second-order valence-corrected chi connectivity index (χ2v) is 8.62. The number of pyridine rings is 1. The zero-order chi connectivity index (χ0) is 27.4. The highest BCUT2D eigenvalue weighted by molar-refractivity contribution is 7.80. The molecule has 0 aliphatic carbocycles. The van der Waals surface area contributed by atoms with Crippen molar-refractivity contribution in [2.45, 2.75) is 13.8 Å². The predicted octanol–water partition coefficient (Wildman–Crippen LogP) is 5.70. The number of nitrogens with one attached hydrogen (secondary N) is 2. The molecule has 11 heteroatoms. The SMILES string of the molecule is COc1cc2nccc(Oc3ccc(NC(=S)NC(=O)c4ccc([N+](=O)[O-])cc4)c(C)c3C)c2cc1OC. The van der Waals surface area contributed by atoms with Crippen molar-refractivity contribution in [3.05, 3.63) is 87.6 Å². The number of fused-ring (bicyclic) bond motifs is 1. The van der Waals surface area contributed by atoms with Crippen molar-refractivity contribution in [1.82, 2.24) is 10.3 Å². The van der Waals surface area contributed by atoms with Gasteiger partial charge in [-0.3, -0.25) is 25.2 Å². The molecule has 0 saturated heterocycles. The summed E-state index contributed by atoms with van der Waals surface area (Å²) in [7, 11) is 3.14. The number of aromatic nitrogens is 1. The van der Waals surface area contributed by atoms with Gasteiger partial charge in [-0.15, -0.1) is 0 Å². The summed E-state index contributed by atoms with van der Waals surface area (Å²) in [6.07, 6.45) is 1.66. The van der Waals surface area contributed by atoms with E-state index in [4.69, 9.17) is 26.4 Å². The van der Waals surface area contributed by atoms with Gasteiger partial charge in [-0.05, 0) is 73.6 Å². The summed E-state index contributed by atoms with van der Waals surface area (Å²) in [6, 6.07) is 14.2. The Bertz CT molecular complexity index is 1560. The number of carbonyl (C=O) groups excluding carboxylic acids is 1. The average molecular weight is 533 g/mol. The van der Waals surface area contributed by atoms with Gasteiger partial charge in [-0.25, -0.2) is 0 Å². The van der Waals surface area contributed by atoms with Gasteiger partial charge in [-0.1, -0.05) is 0 Å². The number of ether oxygens (including phenoxy) is 3. The third kappa shape index (κ3) is 5.47. The summed E-state index contributed by atoms with van der Waals surface area (Å²) in [5, 5.41) is 17.3. The van der Waals surface area contributed by atoms with Crippen LogP contribution in [0.1, 0.15) is 21.5 Å². The van der Waals surface area contributed by atoms with Gasteiger partial charge in [0.25, 0.3) is 11.6 Å². The number of carbonyl (C=O) groups is 1. The van der Waals surface area contributed by atoms with Crippen molar-refractivity contribution in [3.63, 3.8) is 0 Å². The van der Waals surface area contributed by atoms with Gasteiger partial charge >= 0.3 is 0 Å². The first-order chi connectivity index (χ1) is 18.2. The van der Waals surface area contributed by atoms with E-state index in [1.807, 2.05) is 19.9 Å². The zero-order valence-electron chi connectivity index (χ0n) is 21.0. The van der Waals surface area contributed by atoms with Crippen LogP contribution in [-0.4, -0.2) is 35.1 Å². The quantitative estimate of drug-likeness (QED) is 0.175. The molecule has 0 fully saturated rings. The lowest BCUT2D eigenvalue weighted by molar-refractivity contribution is -0.384. The molecule has 0 atom stereocenters. The summed E-state index contributed by atoms with van der Waals surface area (Å²) in [4.78, 5) is 27.2. The molecule has 10 nitrogen and oxygen atoms in total. The fraction of sp³-hybridized carbons (Fsp3) is 0.148. The maximum absolute atomic E-state index is 12.5. The van der Waals surface area contributed by atoms with Gasteiger partial charge in [0, 0.05) is 41.0 Å². The first-order valence-electron chi connectivity index (χ1n) is 11.4. The maximum atomic E-state index is 12.5. The topological polar surface area (TPSA) is 125 Å². The van der Waals surface area contributed by atoms with E-state index in [0.29, 0.717) is 34.2 Å². The van der Waals surface area contributed by atoms with Crippen molar-refractivity contribution in [1.29, 1.82) is 0 Å². The molecule has 0 aliphatic rings. The van der Waals surface area contributed by atoms with E-state index in [1.165, 1.54) is 24.3 Å². The molecular weight excluding hydrogens is 508 g/mol. The van der Waals surface area contributed by atoms with Gasteiger partial charge in [0.15, 0.2) is 16.6 Å². The number of methoxy groups -OCH3 is 2. The second kappa shape index (κ2) is 11.1. The molecule has 0 aliphatic heterocycles. The van der Waals surface area contributed by atoms with Crippen LogP contribution in [0.3, 0.4) is 0 Å². The number of benzene rings is 3. The molecule has 38 heavy (non-hydrogen) atoms. The fourth-order valence-corrected chi connectivity index (χ4v) is 3.96. The lowest BCUT2D eigenvalue weighted by Gasteiger charge is -2.17. The average Bonchev–Trinajstić information content (AvgIpc) is 2.92. The smallest absolute Gasteiger partial charge is 0.269 e. The van der Waals surface area contributed by atoms with Crippen LogP contribution in [-0.2, 0) is 0 Å². The zero-order valence-corrected chi connectivity index (χ0v) is 21.8. The highest BCUT2D eigenvalue weighted by atomic mass is 32.1. The molecule has 1 heterocycles. The molecule has 0 unspecified atom stereocenters. The first-order valence-corrected chi connectivity index (χ1v) is 11.8. The van der Waals surface area contributed by atoms with Crippen LogP contribution in [0.5, 0.6) is 23.0 Å². The summed E-state index contributed by atoms with van der Waals surface area (Å²) in [5.41, 5.74) is 3.26. The largest absolute Gasteiger partial charge is 0.493 e. The number of hydrogen-bond acceptors (Lipinski definition) is 8. The van der Waals surface area contributed by atoms with Gasteiger partial charge in [0.2, 0.25) is 0 Å². The van der Waals surface area contributed by atoms with Gasteiger partial charge in [0.1, 0.15) is 11.5 Å². The molecule has 0 radical (unpaired) electrons. The van der Waals surface area contributed by atoms with Crippen LogP contribution in [0.2, 0.25) is 0 Å². The Labute approximate surface area is 223 Å². The molecule has 0 bridgehead atoms. The maximum Gasteiger partial charge on any atom is 0.269 e. The molecule has 3 aromatic carbocycles. The third-order valence-electron chi connectivity index (χ3n) is 5.98. The van der Waals surface area contributed by atoms with Crippen LogP contribution >= 0.6 is 12.2 Å². The van der Waals surface area contributed by atoms with E-state index < -0.39 is 10.8 Å². The second-order valence-electron chi connectivity index (χ2n) is 8.21. The van der Waals surface area contributed by atoms with Crippen molar-refractivity contribution in [2.75, 3.05) is 19.5 Å². The Morgan fingerprint density at radius 3 is 2.26 bits per heavy atom. The first kappa shape index (κ1) is 26.3. The monoisotopic (exact) mass is 532 g/mol. The Kier molecular flexibility index (Phi) is 7.68.